The third-order valence-electron chi connectivity index (χ3n) is 5.68. The van der Waals surface area contributed by atoms with Crippen LogP contribution in [-0.2, 0) is 0 Å². The predicted octanol–water partition coefficient (Wildman–Crippen LogP) is 5.77. The van der Waals surface area contributed by atoms with Gasteiger partial charge in [-0.3, -0.25) is 9.78 Å². The molecule has 0 fully saturated rings. The Kier molecular flexibility index (Phi) is 5.87. The van der Waals surface area contributed by atoms with Gasteiger partial charge in [0, 0.05) is 41.1 Å². The van der Waals surface area contributed by atoms with Crippen molar-refractivity contribution in [2.24, 2.45) is 0 Å². The molecule has 0 bridgehead atoms. The molecule has 0 radical (unpaired) electrons. The predicted molar refractivity (Wildman–Crippen MR) is 131 cm³/mol. The molecule has 33 heavy (non-hydrogen) atoms. The first-order valence-corrected chi connectivity index (χ1v) is 11.0. The monoisotopic (exact) mass is 452 g/mol. The number of rotatable bonds is 6. The van der Waals surface area contributed by atoms with E-state index >= 15 is 0 Å². The molecule has 2 aromatic heterocycles. The van der Waals surface area contributed by atoms with Crippen LogP contribution >= 0.6 is 11.6 Å². The molecule has 0 spiro atoms. The van der Waals surface area contributed by atoms with E-state index in [-0.39, 0.29) is 11.9 Å². The molecule has 0 aliphatic heterocycles. The summed E-state index contributed by atoms with van der Waals surface area (Å²) < 4.78 is 2.00. The summed E-state index contributed by atoms with van der Waals surface area (Å²) in [6, 6.07) is 25.3. The molecular formula is C27H21ClN4O. The molecule has 0 aliphatic rings. The normalized spacial score (nSPS) is 11.9. The largest absolute Gasteiger partial charge is 0.350 e. The van der Waals surface area contributed by atoms with Crippen LogP contribution in [0.1, 0.15) is 22.0 Å². The number of nitrogens with zero attached hydrogens (tertiary/aromatic N) is 3. The van der Waals surface area contributed by atoms with Crippen molar-refractivity contribution in [2.75, 3.05) is 6.54 Å². The van der Waals surface area contributed by atoms with Crippen molar-refractivity contribution in [1.82, 2.24) is 19.9 Å². The van der Waals surface area contributed by atoms with Crippen LogP contribution in [0.3, 0.4) is 0 Å². The molecule has 2 heterocycles. The average molecular weight is 453 g/mol. The summed E-state index contributed by atoms with van der Waals surface area (Å²) in [7, 11) is 0. The maximum atomic E-state index is 12.9. The molecule has 1 atom stereocenters. The molecule has 0 saturated heterocycles. The first-order valence-electron chi connectivity index (χ1n) is 10.6. The van der Waals surface area contributed by atoms with Crippen LogP contribution in [0, 0.1) is 0 Å². The molecule has 5 rings (SSSR count). The van der Waals surface area contributed by atoms with Crippen molar-refractivity contribution < 1.29 is 4.79 Å². The van der Waals surface area contributed by atoms with Crippen LogP contribution in [0.5, 0.6) is 0 Å². The summed E-state index contributed by atoms with van der Waals surface area (Å²) in [6.07, 6.45) is 7.21. The molecule has 162 valence electrons. The first-order chi connectivity index (χ1) is 16.2. The number of hydrogen-bond donors (Lipinski definition) is 1. The Bertz CT molecular complexity index is 1380. The number of halogens is 1. The molecule has 1 N–H and O–H groups in total. The molecule has 5 aromatic rings. The second-order valence-electron chi connectivity index (χ2n) is 7.78. The minimum atomic E-state index is -0.120. The van der Waals surface area contributed by atoms with Crippen molar-refractivity contribution in [2.45, 2.75) is 6.04 Å². The average Bonchev–Trinajstić information content (AvgIpc) is 3.39. The second kappa shape index (κ2) is 9.27. The number of fused-ring (bicyclic) bond motifs is 1. The highest BCUT2D eigenvalue weighted by Crippen LogP contribution is 2.24. The highest BCUT2D eigenvalue weighted by molar-refractivity contribution is 6.30. The van der Waals surface area contributed by atoms with Gasteiger partial charge < -0.3 is 9.88 Å². The Morgan fingerprint density at radius 1 is 0.939 bits per heavy atom. The van der Waals surface area contributed by atoms with Gasteiger partial charge in [0.05, 0.1) is 17.9 Å². The minimum Gasteiger partial charge on any atom is -0.350 e. The summed E-state index contributed by atoms with van der Waals surface area (Å²) in [5, 5.41) is 4.84. The second-order valence-corrected chi connectivity index (χ2v) is 8.21. The molecule has 5 nitrogen and oxygen atoms in total. The van der Waals surface area contributed by atoms with Gasteiger partial charge in [0.25, 0.3) is 5.91 Å². The molecule has 1 unspecified atom stereocenters. The highest BCUT2D eigenvalue weighted by atomic mass is 35.5. The van der Waals surface area contributed by atoms with E-state index < -0.39 is 0 Å². The van der Waals surface area contributed by atoms with E-state index in [4.69, 9.17) is 11.6 Å². The SMILES string of the molecule is O=C(NCC(c1ccc2ncccc2c1)n1ccnc1)c1ccc(-c2ccc(Cl)cc2)cc1. The molecule has 6 heteroatoms. The van der Waals surface area contributed by atoms with E-state index in [9.17, 15) is 4.79 Å². The molecule has 1 amide bonds. The van der Waals surface area contributed by atoms with Crippen LogP contribution in [0.25, 0.3) is 22.0 Å². The van der Waals surface area contributed by atoms with E-state index in [2.05, 4.69) is 21.4 Å². The lowest BCUT2D eigenvalue weighted by Gasteiger charge is -2.20. The molecular weight excluding hydrogens is 432 g/mol. The number of pyridine rings is 1. The summed E-state index contributed by atoms with van der Waals surface area (Å²) in [6.45, 7) is 0.430. The van der Waals surface area contributed by atoms with Crippen LogP contribution in [0.2, 0.25) is 5.02 Å². The fourth-order valence-electron chi connectivity index (χ4n) is 3.90. The van der Waals surface area contributed by atoms with E-state index in [1.165, 1.54) is 0 Å². The quantitative estimate of drug-likeness (QED) is 0.355. The Balaban J connectivity index is 1.33. The lowest BCUT2D eigenvalue weighted by Crippen LogP contribution is -2.31. The Morgan fingerprint density at radius 2 is 1.70 bits per heavy atom. The summed E-state index contributed by atoms with van der Waals surface area (Å²) in [5.41, 5.74) is 4.71. The standard InChI is InChI=1S/C27H21ClN4O/c28-24-10-7-20(8-11-24)19-3-5-21(6-4-19)27(33)31-17-26(32-15-14-29-18-32)23-9-12-25-22(16-23)2-1-13-30-25/h1-16,18,26H,17H2,(H,31,33). The van der Waals surface area contributed by atoms with Gasteiger partial charge in [-0.25, -0.2) is 4.98 Å². The van der Waals surface area contributed by atoms with E-state index in [0.717, 1.165) is 27.6 Å². The maximum absolute atomic E-state index is 12.9. The summed E-state index contributed by atoms with van der Waals surface area (Å²) in [5.74, 6) is -0.120. The third kappa shape index (κ3) is 4.64. The highest BCUT2D eigenvalue weighted by Gasteiger charge is 2.16. The fraction of sp³-hybridized carbons (Fsp3) is 0.0741. The van der Waals surface area contributed by atoms with Gasteiger partial charge in [-0.05, 0) is 59.2 Å². The zero-order valence-electron chi connectivity index (χ0n) is 17.7. The van der Waals surface area contributed by atoms with Crippen molar-refractivity contribution in [3.8, 4) is 11.1 Å². The van der Waals surface area contributed by atoms with Crippen LogP contribution < -0.4 is 5.32 Å². The number of benzene rings is 3. The van der Waals surface area contributed by atoms with Gasteiger partial charge in [0.15, 0.2) is 0 Å². The lowest BCUT2D eigenvalue weighted by molar-refractivity contribution is 0.0950. The first kappa shape index (κ1) is 20.9. The number of carbonyl (C=O) groups is 1. The molecule has 0 saturated carbocycles. The van der Waals surface area contributed by atoms with Gasteiger partial charge >= 0.3 is 0 Å². The molecule has 0 aliphatic carbocycles. The van der Waals surface area contributed by atoms with E-state index in [1.54, 1.807) is 18.7 Å². The smallest absolute Gasteiger partial charge is 0.251 e. The van der Waals surface area contributed by atoms with Crippen LogP contribution in [0.15, 0.2) is 104 Å². The van der Waals surface area contributed by atoms with Crippen molar-refractivity contribution >= 4 is 28.4 Å². The van der Waals surface area contributed by atoms with E-state index in [0.29, 0.717) is 17.1 Å². The topological polar surface area (TPSA) is 59.8 Å². The summed E-state index contributed by atoms with van der Waals surface area (Å²) in [4.78, 5) is 21.5. The molecule has 3 aromatic carbocycles. The maximum Gasteiger partial charge on any atom is 0.251 e. The number of amides is 1. The third-order valence-corrected chi connectivity index (χ3v) is 5.93. The van der Waals surface area contributed by atoms with Crippen molar-refractivity contribution in [3.05, 3.63) is 120 Å². The number of nitrogens with one attached hydrogen (secondary N) is 1. The van der Waals surface area contributed by atoms with Crippen molar-refractivity contribution in [3.63, 3.8) is 0 Å². The summed E-state index contributed by atoms with van der Waals surface area (Å²) >= 11 is 5.97. The Morgan fingerprint density at radius 3 is 2.42 bits per heavy atom. The van der Waals surface area contributed by atoms with Crippen LogP contribution in [0.4, 0.5) is 0 Å². The van der Waals surface area contributed by atoms with Gasteiger partial charge in [-0.15, -0.1) is 0 Å². The van der Waals surface area contributed by atoms with Gasteiger partial charge in [-0.2, -0.15) is 0 Å². The number of aromatic nitrogens is 3. The van der Waals surface area contributed by atoms with E-state index in [1.807, 2.05) is 83.6 Å². The van der Waals surface area contributed by atoms with Crippen LogP contribution in [-0.4, -0.2) is 27.0 Å². The van der Waals surface area contributed by atoms with Crippen molar-refractivity contribution in [1.29, 1.82) is 0 Å². The number of hydrogen-bond acceptors (Lipinski definition) is 3. The Hall–Kier alpha value is -3.96. The van der Waals surface area contributed by atoms with Gasteiger partial charge in [0.1, 0.15) is 0 Å². The fourth-order valence-corrected chi connectivity index (χ4v) is 4.02. The number of imidazole rings is 1. The zero-order chi connectivity index (χ0) is 22.6. The van der Waals surface area contributed by atoms with Gasteiger partial charge in [0.2, 0.25) is 0 Å². The van der Waals surface area contributed by atoms with Gasteiger partial charge in [-0.1, -0.05) is 48.0 Å². The zero-order valence-corrected chi connectivity index (χ0v) is 18.5. The number of carbonyl (C=O) groups excluding carboxylic acids is 1. The Labute approximate surface area is 196 Å². The lowest BCUT2D eigenvalue weighted by atomic mass is 10.0. The minimum absolute atomic E-state index is 0.0885.